The van der Waals surface area contributed by atoms with Crippen LogP contribution in [-0.2, 0) is 10.1 Å². The average molecular weight is 586 g/mol. The maximum absolute atomic E-state index is 12.7. The first kappa shape index (κ1) is 29.6. The first-order valence-corrected chi connectivity index (χ1v) is 13.9. The maximum atomic E-state index is 12.7. The molecular weight excluding hydrogens is 560 g/mol. The van der Waals surface area contributed by atoms with Gasteiger partial charge in [-0.1, -0.05) is 12.1 Å². The molecule has 0 saturated carbocycles. The smallest absolute Gasteiger partial charge is 0.255 e. The molecule has 4 aromatic rings. The van der Waals surface area contributed by atoms with Crippen LogP contribution in [0.4, 0.5) is 22.7 Å². The standard InChI is InChI=1S/C30H26N4O7S/c1-18(35)19-3-5-20(6-4-19)28(36)32-23-11-13-24(14-12-23)33-29(37)21-7-9-22(10-8-21)30(38)34-26-16-15-25(31-2)17-27(26)42(39,40)41/h3-17,31H,1-2H3,(H,32,36)(H,33,37)(H,34,38)(H,39,40,41)/p-1. The van der Waals surface area contributed by atoms with E-state index in [1.807, 2.05) is 0 Å². The number of hydrogen-bond acceptors (Lipinski definition) is 8. The fourth-order valence-corrected chi connectivity index (χ4v) is 4.51. The van der Waals surface area contributed by atoms with Crippen LogP contribution < -0.4 is 21.3 Å². The van der Waals surface area contributed by atoms with Gasteiger partial charge in [-0.15, -0.1) is 0 Å². The van der Waals surface area contributed by atoms with E-state index in [9.17, 15) is 32.1 Å². The number of rotatable bonds is 9. The van der Waals surface area contributed by atoms with Gasteiger partial charge in [-0.25, -0.2) is 8.42 Å². The van der Waals surface area contributed by atoms with Crippen LogP contribution in [0.15, 0.2) is 95.9 Å². The van der Waals surface area contributed by atoms with E-state index >= 15 is 0 Å². The third-order valence-corrected chi connectivity index (χ3v) is 7.03. The summed E-state index contributed by atoms with van der Waals surface area (Å²) in [6.07, 6.45) is 0. The molecule has 0 radical (unpaired) electrons. The Hall–Kier alpha value is -5.33. The van der Waals surface area contributed by atoms with Crippen molar-refractivity contribution in [1.29, 1.82) is 0 Å². The lowest BCUT2D eigenvalue weighted by atomic mass is 10.1. The van der Waals surface area contributed by atoms with Gasteiger partial charge in [0, 0.05) is 46.4 Å². The van der Waals surface area contributed by atoms with Crippen LogP contribution in [-0.4, -0.2) is 43.5 Å². The Labute approximate surface area is 241 Å². The molecule has 0 unspecified atom stereocenters. The molecule has 42 heavy (non-hydrogen) atoms. The number of amides is 3. The predicted octanol–water partition coefficient (Wildman–Crippen LogP) is 4.59. The Morgan fingerprint density at radius 3 is 1.33 bits per heavy atom. The number of hydrogen-bond donors (Lipinski definition) is 4. The van der Waals surface area contributed by atoms with Gasteiger partial charge in [-0.3, -0.25) is 19.2 Å². The summed E-state index contributed by atoms with van der Waals surface area (Å²) in [6, 6.07) is 22.3. The van der Waals surface area contributed by atoms with Crippen molar-refractivity contribution < 1.29 is 32.1 Å². The lowest BCUT2D eigenvalue weighted by Gasteiger charge is -2.15. The molecular formula is C30H25N4O7S-. The zero-order valence-electron chi connectivity index (χ0n) is 22.4. The molecule has 4 rings (SSSR count). The highest BCUT2D eigenvalue weighted by Crippen LogP contribution is 2.25. The first-order chi connectivity index (χ1) is 19.9. The van der Waals surface area contributed by atoms with Gasteiger partial charge in [0.05, 0.1) is 10.6 Å². The third-order valence-electron chi connectivity index (χ3n) is 6.15. The summed E-state index contributed by atoms with van der Waals surface area (Å²) in [6.45, 7) is 1.44. The summed E-state index contributed by atoms with van der Waals surface area (Å²) in [5.41, 5.74) is 2.45. The van der Waals surface area contributed by atoms with Gasteiger partial charge in [0.2, 0.25) is 0 Å². The Morgan fingerprint density at radius 1 is 0.571 bits per heavy atom. The molecule has 214 valence electrons. The van der Waals surface area contributed by atoms with E-state index in [0.29, 0.717) is 28.2 Å². The number of carbonyl (C=O) groups excluding carboxylic acids is 4. The predicted molar refractivity (Wildman–Crippen MR) is 157 cm³/mol. The molecule has 12 heteroatoms. The van der Waals surface area contributed by atoms with Gasteiger partial charge in [-0.2, -0.15) is 0 Å². The molecule has 0 aromatic heterocycles. The zero-order valence-corrected chi connectivity index (χ0v) is 23.2. The second-order valence-electron chi connectivity index (χ2n) is 9.07. The molecule has 3 amide bonds. The van der Waals surface area contributed by atoms with Gasteiger partial charge in [-0.05, 0) is 85.8 Å². The Morgan fingerprint density at radius 2 is 0.952 bits per heavy atom. The zero-order chi connectivity index (χ0) is 30.4. The van der Waals surface area contributed by atoms with Crippen LogP contribution in [0.1, 0.15) is 48.4 Å². The quantitative estimate of drug-likeness (QED) is 0.163. The fraction of sp³-hybridized carbons (Fsp3) is 0.0667. The number of carbonyl (C=O) groups is 4. The van der Waals surface area contributed by atoms with Crippen molar-refractivity contribution in [3.8, 4) is 0 Å². The van der Waals surface area contributed by atoms with Crippen LogP contribution >= 0.6 is 0 Å². The van der Waals surface area contributed by atoms with Gasteiger partial charge in [0.25, 0.3) is 17.7 Å². The highest BCUT2D eigenvalue weighted by atomic mass is 32.2. The second kappa shape index (κ2) is 12.5. The molecule has 11 nitrogen and oxygen atoms in total. The van der Waals surface area contributed by atoms with Gasteiger partial charge in [0.15, 0.2) is 5.78 Å². The van der Waals surface area contributed by atoms with E-state index in [4.69, 9.17) is 0 Å². The van der Waals surface area contributed by atoms with Crippen molar-refractivity contribution in [2.75, 3.05) is 28.3 Å². The van der Waals surface area contributed by atoms with Gasteiger partial charge >= 0.3 is 0 Å². The van der Waals surface area contributed by atoms with Crippen molar-refractivity contribution in [2.24, 2.45) is 0 Å². The summed E-state index contributed by atoms with van der Waals surface area (Å²) in [4.78, 5) is 48.7. The van der Waals surface area contributed by atoms with Crippen molar-refractivity contribution in [1.82, 2.24) is 0 Å². The highest BCUT2D eigenvalue weighted by Gasteiger charge is 2.15. The first-order valence-electron chi connectivity index (χ1n) is 12.5. The molecule has 4 N–H and O–H groups in total. The minimum absolute atomic E-state index is 0.0949. The molecule has 0 heterocycles. The van der Waals surface area contributed by atoms with E-state index in [1.54, 1.807) is 55.6 Å². The fourth-order valence-electron chi connectivity index (χ4n) is 3.86. The molecule has 0 bridgehead atoms. The van der Waals surface area contributed by atoms with Crippen molar-refractivity contribution in [3.63, 3.8) is 0 Å². The van der Waals surface area contributed by atoms with E-state index < -0.39 is 26.8 Å². The van der Waals surface area contributed by atoms with Crippen LogP contribution in [0, 0.1) is 0 Å². The molecule has 0 spiro atoms. The van der Waals surface area contributed by atoms with E-state index in [0.717, 1.165) is 6.07 Å². The summed E-state index contributed by atoms with van der Waals surface area (Å²) >= 11 is 0. The van der Waals surface area contributed by atoms with E-state index in [1.165, 1.54) is 43.3 Å². The van der Waals surface area contributed by atoms with Crippen LogP contribution in [0.3, 0.4) is 0 Å². The van der Waals surface area contributed by atoms with Crippen LogP contribution in [0.2, 0.25) is 0 Å². The molecule has 0 atom stereocenters. The topological polar surface area (TPSA) is 174 Å². The Bertz CT molecular complexity index is 1770. The second-order valence-corrected chi connectivity index (χ2v) is 10.4. The van der Waals surface area contributed by atoms with Gasteiger partial charge in [0.1, 0.15) is 10.1 Å². The number of nitrogens with one attached hydrogen (secondary N) is 4. The summed E-state index contributed by atoms with van der Waals surface area (Å²) in [7, 11) is -3.30. The Kier molecular flexibility index (Phi) is 8.79. The van der Waals surface area contributed by atoms with Crippen molar-refractivity contribution in [3.05, 3.63) is 113 Å². The van der Waals surface area contributed by atoms with E-state index in [-0.39, 0.29) is 28.5 Å². The lowest BCUT2D eigenvalue weighted by Crippen LogP contribution is -2.16. The number of ketones is 1. The minimum atomic E-state index is -4.86. The number of Topliss-reactive ketones (excluding diaryl/α,β-unsaturated/α-hetero) is 1. The average Bonchev–Trinajstić information content (AvgIpc) is 2.97. The third kappa shape index (κ3) is 7.24. The molecule has 4 aromatic carbocycles. The maximum Gasteiger partial charge on any atom is 0.255 e. The largest absolute Gasteiger partial charge is 0.744 e. The Balaban J connectivity index is 1.37. The monoisotopic (exact) mass is 585 g/mol. The SMILES string of the molecule is CNc1ccc(NC(=O)c2ccc(C(=O)Nc3ccc(NC(=O)c4ccc(C(C)=O)cc4)cc3)cc2)c(S(=O)(=O)[O-])c1. The highest BCUT2D eigenvalue weighted by molar-refractivity contribution is 7.86. The van der Waals surface area contributed by atoms with E-state index in [2.05, 4.69) is 21.3 Å². The summed E-state index contributed by atoms with van der Waals surface area (Å²) in [5, 5.41) is 10.6. The van der Waals surface area contributed by atoms with Crippen molar-refractivity contribution in [2.45, 2.75) is 11.8 Å². The molecule has 0 fully saturated rings. The molecule has 0 aliphatic heterocycles. The molecule has 0 aliphatic rings. The van der Waals surface area contributed by atoms with Crippen LogP contribution in [0.25, 0.3) is 0 Å². The normalized spacial score (nSPS) is 10.8. The molecule has 0 saturated heterocycles. The van der Waals surface area contributed by atoms with Crippen molar-refractivity contribution >= 4 is 56.4 Å². The lowest BCUT2D eigenvalue weighted by molar-refractivity contribution is 0.100. The molecule has 0 aliphatic carbocycles. The summed E-state index contributed by atoms with van der Waals surface area (Å²) in [5.74, 6) is -1.57. The number of benzene rings is 4. The minimum Gasteiger partial charge on any atom is -0.744 e. The summed E-state index contributed by atoms with van der Waals surface area (Å²) < 4.78 is 35.0. The van der Waals surface area contributed by atoms with Crippen LogP contribution in [0.5, 0.6) is 0 Å². The van der Waals surface area contributed by atoms with Gasteiger partial charge < -0.3 is 25.8 Å². The number of anilines is 4.